The van der Waals surface area contributed by atoms with Crippen LogP contribution in [0.1, 0.15) is 19.0 Å². The first-order valence-corrected chi connectivity index (χ1v) is 5.04. The van der Waals surface area contributed by atoms with E-state index >= 15 is 0 Å². The number of nitrogens with one attached hydrogen (secondary N) is 2. The van der Waals surface area contributed by atoms with Crippen molar-refractivity contribution in [3.63, 3.8) is 0 Å². The number of nitriles is 1. The molecule has 0 bridgehead atoms. The van der Waals surface area contributed by atoms with Crippen molar-refractivity contribution in [2.24, 2.45) is 0 Å². The normalized spacial score (nSPS) is 9.60. The molecule has 0 aromatic carbocycles. The summed E-state index contributed by atoms with van der Waals surface area (Å²) in [5, 5.41) is 15.1. The van der Waals surface area contributed by atoms with Crippen LogP contribution in [0.3, 0.4) is 0 Å². The van der Waals surface area contributed by atoms with Crippen LogP contribution in [0.5, 0.6) is 0 Å². The highest BCUT2D eigenvalue weighted by Gasteiger charge is 2.01. The molecular formula is C10H15N5. The van der Waals surface area contributed by atoms with E-state index in [2.05, 4.69) is 27.5 Å². The monoisotopic (exact) mass is 205 g/mol. The molecule has 1 aromatic rings. The molecule has 0 unspecified atom stereocenters. The zero-order valence-corrected chi connectivity index (χ0v) is 8.82. The molecule has 1 aromatic heterocycles. The number of hydrogen-bond donors (Lipinski definition) is 2. The van der Waals surface area contributed by atoms with Crippen LogP contribution in [-0.2, 0) is 0 Å². The maximum atomic E-state index is 8.75. The molecule has 0 fully saturated rings. The molecule has 0 amide bonds. The Morgan fingerprint density at radius 3 is 2.80 bits per heavy atom. The van der Waals surface area contributed by atoms with E-state index in [1.54, 1.807) is 6.20 Å². The molecule has 1 rings (SSSR count). The van der Waals surface area contributed by atoms with Gasteiger partial charge in [-0.3, -0.25) is 0 Å². The minimum atomic E-state index is 0.341. The van der Waals surface area contributed by atoms with E-state index < -0.39 is 0 Å². The summed E-state index contributed by atoms with van der Waals surface area (Å²) in [4.78, 5) is 7.95. The lowest BCUT2D eigenvalue weighted by molar-refractivity contribution is 0.687. The van der Waals surface area contributed by atoms with E-state index in [1.165, 1.54) is 6.20 Å². The van der Waals surface area contributed by atoms with E-state index in [0.717, 1.165) is 26.1 Å². The lowest BCUT2D eigenvalue weighted by Gasteiger charge is -2.06. The first-order chi connectivity index (χ1) is 7.38. The van der Waals surface area contributed by atoms with E-state index in [1.807, 2.05) is 6.07 Å². The fourth-order valence-electron chi connectivity index (χ4n) is 1.12. The third kappa shape index (κ3) is 3.92. The first-order valence-electron chi connectivity index (χ1n) is 5.04. The number of nitrogens with zero attached hydrogens (tertiary/aromatic N) is 3. The maximum Gasteiger partial charge on any atom is 0.182 e. The zero-order valence-electron chi connectivity index (χ0n) is 8.82. The molecular weight excluding hydrogens is 190 g/mol. The highest BCUT2D eigenvalue weighted by atomic mass is 15.0. The molecule has 1 heterocycles. The standard InChI is InChI=1S/C10H15N5/c1-2-3-12-4-5-14-10-9(8-11)13-6-7-15-10/h6-7,12H,2-5H2,1H3,(H,14,15). The van der Waals surface area contributed by atoms with E-state index in [-0.39, 0.29) is 0 Å². The van der Waals surface area contributed by atoms with Crippen LogP contribution in [0.25, 0.3) is 0 Å². The average molecular weight is 205 g/mol. The van der Waals surface area contributed by atoms with Gasteiger partial charge in [-0.25, -0.2) is 9.97 Å². The first kappa shape index (κ1) is 11.4. The Morgan fingerprint density at radius 2 is 2.07 bits per heavy atom. The summed E-state index contributed by atoms with van der Waals surface area (Å²) < 4.78 is 0. The average Bonchev–Trinajstić information content (AvgIpc) is 2.29. The smallest absolute Gasteiger partial charge is 0.182 e. The van der Waals surface area contributed by atoms with Crippen molar-refractivity contribution in [1.82, 2.24) is 15.3 Å². The zero-order chi connectivity index (χ0) is 10.9. The van der Waals surface area contributed by atoms with Crippen LogP contribution in [0.15, 0.2) is 12.4 Å². The van der Waals surface area contributed by atoms with Crippen molar-refractivity contribution in [2.45, 2.75) is 13.3 Å². The third-order valence-electron chi connectivity index (χ3n) is 1.83. The van der Waals surface area contributed by atoms with Gasteiger partial charge in [0.1, 0.15) is 6.07 Å². The van der Waals surface area contributed by atoms with Gasteiger partial charge in [-0.2, -0.15) is 5.26 Å². The van der Waals surface area contributed by atoms with Crippen LogP contribution in [0.4, 0.5) is 5.82 Å². The van der Waals surface area contributed by atoms with Crippen LogP contribution in [0.2, 0.25) is 0 Å². The van der Waals surface area contributed by atoms with Crippen molar-refractivity contribution >= 4 is 5.82 Å². The van der Waals surface area contributed by atoms with Gasteiger partial charge in [0, 0.05) is 25.5 Å². The SMILES string of the molecule is CCCNCCNc1nccnc1C#N. The summed E-state index contributed by atoms with van der Waals surface area (Å²) in [6.45, 7) is 4.73. The second kappa shape index (κ2) is 6.74. The molecule has 0 saturated carbocycles. The molecule has 15 heavy (non-hydrogen) atoms. The van der Waals surface area contributed by atoms with Crippen LogP contribution in [-0.4, -0.2) is 29.6 Å². The van der Waals surface area contributed by atoms with Gasteiger partial charge in [0.25, 0.3) is 0 Å². The summed E-state index contributed by atoms with van der Waals surface area (Å²) >= 11 is 0. The molecule has 0 aliphatic heterocycles. The Balaban J connectivity index is 2.34. The number of aromatic nitrogens is 2. The highest BCUT2D eigenvalue weighted by molar-refractivity contribution is 5.46. The molecule has 0 radical (unpaired) electrons. The second-order valence-electron chi connectivity index (χ2n) is 3.04. The summed E-state index contributed by atoms with van der Waals surface area (Å²) in [6, 6.07) is 1.99. The Bertz CT molecular complexity index is 331. The van der Waals surface area contributed by atoms with Gasteiger partial charge in [0.15, 0.2) is 11.5 Å². The van der Waals surface area contributed by atoms with Crippen molar-refractivity contribution in [2.75, 3.05) is 25.0 Å². The van der Waals surface area contributed by atoms with Crippen molar-refractivity contribution in [3.8, 4) is 6.07 Å². The molecule has 80 valence electrons. The van der Waals surface area contributed by atoms with E-state index in [4.69, 9.17) is 5.26 Å². The molecule has 0 aliphatic carbocycles. The van der Waals surface area contributed by atoms with Gasteiger partial charge in [-0.05, 0) is 13.0 Å². The summed E-state index contributed by atoms with van der Waals surface area (Å²) in [6.07, 6.45) is 4.20. The summed E-state index contributed by atoms with van der Waals surface area (Å²) in [5.41, 5.74) is 0.341. The molecule has 5 nitrogen and oxygen atoms in total. The molecule has 0 saturated heterocycles. The largest absolute Gasteiger partial charge is 0.366 e. The van der Waals surface area contributed by atoms with Crippen molar-refractivity contribution in [3.05, 3.63) is 18.1 Å². The molecule has 5 heteroatoms. The Hall–Kier alpha value is -1.67. The number of rotatable bonds is 6. The van der Waals surface area contributed by atoms with Gasteiger partial charge in [0.2, 0.25) is 0 Å². The van der Waals surface area contributed by atoms with Crippen molar-refractivity contribution < 1.29 is 0 Å². The van der Waals surface area contributed by atoms with Crippen LogP contribution >= 0.6 is 0 Å². The van der Waals surface area contributed by atoms with Crippen molar-refractivity contribution in [1.29, 1.82) is 5.26 Å². The van der Waals surface area contributed by atoms with Gasteiger partial charge >= 0.3 is 0 Å². The number of anilines is 1. The molecule has 0 aliphatic rings. The minimum absolute atomic E-state index is 0.341. The molecule has 0 spiro atoms. The van der Waals surface area contributed by atoms with Gasteiger partial charge in [-0.15, -0.1) is 0 Å². The Labute approximate surface area is 89.6 Å². The lowest BCUT2D eigenvalue weighted by Crippen LogP contribution is -2.23. The topological polar surface area (TPSA) is 73.6 Å². The summed E-state index contributed by atoms with van der Waals surface area (Å²) in [5.74, 6) is 0.554. The number of hydrogen-bond acceptors (Lipinski definition) is 5. The minimum Gasteiger partial charge on any atom is -0.366 e. The molecule has 0 atom stereocenters. The fraction of sp³-hybridized carbons (Fsp3) is 0.500. The van der Waals surface area contributed by atoms with Gasteiger partial charge in [-0.1, -0.05) is 6.92 Å². The van der Waals surface area contributed by atoms with Gasteiger partial charge < -0.3 is 10.6 Å². The second-order valence-corrected chi connectivity index (χ2v) is 3.04. The fourth-order valence-corrected chi connectivity index (χ4v) is 1.12. The quantitative estimate of drug-likeness (QED) is 0.671. The van der Waals surface area contributed by atoms with E-state index in [0.29, 0.717) is 11.5 Å². The van der Waals surface area contributed by atoms with Gasteiger partial charge in [0.05, 0.1) is 0 Å². The van der Waals surface area contributed by atoms with Crippen LogP contribution < -0.4 is 10.6 Å². The van der Waals surface area contributed by atoms with E-state index in [9.17, 15) is 0 Å². The highest BCUT2D eigenvalue weighted by Crippen LogP contribution is 2.04. The Kier molecular flexibility index (Phi) is 5.12. The predicted octanol–water partition coefficient (Wildman–Crippen LogP) is 0.760. The summed E-state index contributed by atoms with van der Waals surface area (Å²) in [7, 11) is 0. The maximum absolute atomic E-state index is 8.75. The molecule has 2 N–H and O–H groups in total. The Morgan fingerprint density at radius 1 is 1.27 bits per heavy atom. The predicted molar refractivity (Wildman–Crippen MR) is 58.4 cm³/mol. The van der Waals surface area contributed by atoms with Crippen LogP contribution in [0, 0.1) is 11.3 Å². The third-order valence-corrected chi connectivity index (χ3v) is 1.83. The lowest BCUT2D eigenvalue weighted by atomic mass is 10.4.